The van der Waals surface area contributed by atoms with E-state index in [-0.39, 0.29) is 36.4 Å². The zero-order valence-electron chi connectivity index (χ0n) is 10.7. The van der Waals surface area contributed by atoms with E-state index in [1.165, 1.54) is 0 Å². The number of halogens is 2. The number of hydrogen-bond acceptors (Lipinski definition) is 4. The van der Waals surface area contributed by atoms with Crippen LogP contribution >= 0.6 is 28.3 Å². The van der Waals surface area contributed by atoms with Crippen molar-refractivity contribution in [1.82, 2.24) is 4.90 Å². The fourth-order valence-corrected chi connectivity index (χ4v) is 3.69. The molecule has 1 saturated heterocycles. The highest BCUT2D eigenvalue weighted by molar-refractivity contribution is 9.10. The second-order valence-electron chi connectivity index (χ2n) is 4.53. The molecular formula is C12H16BrClN2O3S. The molecular weight excluding hydrogens is 368 g/mol. The Morgan fingerprint density at radius 3 is 2.60 bits per heavy atom. The molecule has 0 aromatic heterocycles. The van der Waals surface area contributed by atoms with Gasteiger partial charge in [-0.1, -0.05) is 15.9 Å². The van der Waals surface area contributed by atoms with Crippen LogP contribution in [0.2, 0.25) is 0 Å². The van der Waals surface area contributed by atoms with Gasteiger partial charge in [0.05, 0.1) is 17.1 Å². The maximum atomic E-state index is 12.3. The van der Waals surface area contributed by atoms with Gasteiger partial charge >= 0.3 is 0 Å². The molecule has 5 nitrogen and oxygen atoms in total. The monoisotopic (exact) mass is 382 g/mol. The summed E-state index contributed by atoms with van der Waals surface area (Å²) in [7, 11) is -3.02. The van der Waals surface area contributed by atoms with E-state index in [2.05, 4.69) is 15.9 Å². The number of rotatable bonds is 1. The van der Waals surface area contributed by atoms with Crippen LogP contribution in [-0.4, -0.2) is 43.8 Å². The number of benzene rings is 1. The predicted octanol–water partition coefficient (Wildman–Crippen LogP) is 1.71. The van der Waals surface area contributed by atoms with Crippen LogP contribution in [0.25, 0.3) is 0 Å². The molecule has 1 aliphatic heterocycles. The van der Waals surface area contributed by atoms with E-state index in [1.807, 2.05) is 0 Å². The highest BCUT2D eigenvalue weighted by Gasteiger charge is 2.24. The van der Waals surface area contributed by atoms with Crippen LogP contribution < -0.4 is 5.73 Å². The van der Waals surface area contributed by atoms with Crippen molar-refractivity contribution < 1.29 is 13.2 Å². The molecule has 2 N–H and O–H groups in total. The topological polar surface area (TPSA) is 80.5 Å². The van der Waals surface area contributed by atoms with Crippen LogP contribution in [0.1, 0.15) is 16.8 Å². The lowest BCUT2D eigenvalue weighted by molar-refractivity contribution is 0.0769. The van der Waals surface area contributed by atoms with Crippen LogP contribution in [0.5, 0.6) is 0 Å². The van der Waals surface area contributed by atoms with E-state index >= 15 is 0 Å². The summed E-state index contributed by atoms with van der Waals surface area (Å²) >= 11 is 3.28. The lowest BCUT2D eigenvalue weighted by Gasteiger charge is -2.20. The van der Waals surface area contributed by atoms with Crippen LogP contribution in [0.15, 0.2) is 22.7 Å². The van der Waals surface area contributed by atoms with Gasteiger partial charge in [-0.2, -0.15) is 0 Å². The Morgan fingerprint density at radius 2 is 1.95 bits per heavy atom. The number of nitrogen functional groups attached to an aromatic ring is 1. The van der Waals surface area contributed by atoms with Gasteiger partial charge in [0.25, 0.3) is 5.91 Å². The van der Waals surface area contributed by atoms with Crippen LogP contribution in [0.3, 0.4) is 0 Å². The second-order valence-corrected chi connectivity index (χ2v) is 7.75. The Kier molecular flexibility index (Phi) is 5.85. The van der Waals surface area contributed by atoms with Crippen molar-refractivity contribution in [3.63, 3.8) is 0 Å². The van der Waals surface area contributed by atoms with Gasteiger partial charge < -0.3 is 10.6 Å². The maximum Gasteiger partial charge on any atom is 0.255 e. The first-order chi connectivity index (χ1) is 8.89. The lowest BCUT2D eigenvalue weighted by Crippen LogP contribution is -2.34. The molecule has 0 aliphatic carbocycles. The van der Waals surface area contributed by atoms with Crippen LogP contribution in [0, 0.1) is 0 Å². The number of sulfone groups is 1. The van der Waals surface area contributed by atoms with E-state index in [0.717, 1.165) is 4.47 Å². The summed E-state index contributed by atoms with van der Waals surface area (Å²) in [5.74, 6) is -0.0380. The van der Waals surface area contributed by atoms with E-state index < -0.39 is 9.84 Å². The smallest absolute Gasteiger partial charge is 0.255 e. The number of nitrogens with zero attached hydrogens (tertiary/aromatic N) is 1. The van der Waals surface area contributed by atoms with E-state index in [0.29, 0.717) is 24.2 Å². The lowest BCUT2D eigenvalue weighted by atomic mass is 10.1. The molecule has 8 heteroatoms. The third-order valence-corrected chi connectivity index (χ3v) is 5.30. The first kappa shape index (κ1) is 17.3. The molecule has 1 heterocycles. The maximum absolute atomic E-state index is 12.3. The molecule has 0 bridgehead atoms. The minimum absolute atomic E-state index is 0. The summed E-state index contributed by atoms with van der Waals surface area (Å²) in [6.45, 7) is 0.685. The third-order valence-electron chi connectivity index (χ3n) is 3.09. The Hall–Kier alpha value is -0.790. The first-order valence-corrected chi connectivity index (χ1v) is 8.55. The zero-order valence-corrected chi connectivity index (χ0v) is 13.9. The van der Waals surface area contributed by atoms with Gasteiger partial charge in [0.15, 0.2) is 9.84 Å². The predicted molar refractivity (Wildman–Crippen MR) is 85.0 cm³/mol. The van der Waals surface area contributed by atoms with E-state index in [4.69, 9.17) is 5.73 Å². The van der Waals surface area contributed by atoms with E-state index in [9.17, 15) is 13.2 Å². The summed E-state index contributed by atoms with van der Waals surface area (Å²) in [4.78, 5) is 13.9. The van der Waals surface area contributed by atoms with Gasteiger partial charge in [0.1, 0.15) is 0 Å². The highest BCUT2D eigenvalue weighted by Crippen LogP contribution is 2.20. The van der Waals surface area contributed by atoms with Crippen molar-refractivity contribution in [3.8, 4) is 0 Å². The SMILES string of the molecule is Cl.Nc1cc(Br)ccc1C(=O)N1CCCS(=O)(=O)CC1. The average molecular weight is 384 g/mol. The average Bonchev–Trinajstić information content (AvgIpc) is 2.49. The largest absolute Gasteiger partial charge is 0.398 e. The van der Waals surface area contributed by atoms with Gasteiger partial charge in [-0.3, -0.25) is 4.79 Å². The molecule has 2 rings (SSSR count). The van der Waals surface area contributed by atoms with Crippen molar-refractivity contribution in [2.45, 2.75) is 6.42 Å². The summed E-state index contributed by atoms with van der Waals surface area (Å²) in [6, 6.07) is 5.07. The summed E-state index contributed by atoms with van der Waals surface area (Å²) in [5.41, 5.74) is 6.64. The molecule has 0 radical (unpaired) electrons. The number of anilines is 1. The number of amides is 1. The number of hydrogen-bond donors (Lipinski definition) is 1. The van der Waals surface area contributed by atoms with Crippen LogP contribution in [-0.2, 0) is 9.84 Å². The van der Waals surface area contributed by atoms with Gasteiger partial charge in [0.2, 0.25) is 0 Å². The molecule has 0 saturated carbocycles. The number of carbonyl (C=O) groups excluding carboxylic acids is 1. The quantitative estimate of drug-likeness (QED) is 0.749. The van der Waals surface area contributed by atoms with Crippen molar-refractivity contribution in [3.05, 3.63) is 28.2 Å². The number of nitrogens with two attached hydrogens (primary N) is 1. The van der Waals surface area contributed by atoms with Crippen molar-refractivity contribution in [1.29, 1.82) is 0 Å². The zero-order chi connectivity index (χ0) is 14.0. The molecule has 0 atom stereocenters. The fraction of sp³-hybridized carbons (Fsp3) is 0.417. The van der Waals surface area contributed by atoms with E-state index in [1.54, 1.807) is 23.1 Å². The molecule has 1 aliphatic rings. The van der Waals surface area contributed by atoms with Crippen LogP contribution in [0.4, 0.5) is 5.69 Å². The summed E-state index contributed by atoms with van der Waals surface area (Å²) in [6.07, 6.45) is 0.477. The summed E-state index contributed by atoms with van der Waals surface area (Å²) in [5, 5.41) is 0. The first-order valence-electron chi connectivity index (χ1n) is 5.94. The van der Waals surface area contributed by atoms with Gasteiger partial charge in [0, 0.05) is 23.2 Å². The van der Waals surface area contributed by atoms with Gasteiger partial charge in [-0.05, 0) is 24.6 Å². The minimum Gasteiger partial charge on any atom is -0.398 e. The third kappa shape index (κ3) is 4.10. The number of carbonyl (C=O) groups is 1. The molecule has 112 valence electrons. The second kappa shape index (κ2) is 6.78. The standard InChI is InChI=1S/C12H15BrN2O3S.ClH/c13-9-2-3-10(11(14)8-9)12(16)15-4-1-6-19(17,18)7-5-15;/h2-3,8H,1,4-7,14H2;1H. The Morgan fingerprint density at radius 1 is 1.25 bits per heavy atom. The molecule has 1 fully saturated rings. The highest BCUT2D eigenvalue weighted by atomic mass is 79.9. The fourth-order valence-electron chi connectivity index (χ4n) is 2.04. The molecule has 0 unspecified atom stereocenters. The molecule has 20 heavy (non-hydrogen) atoms. The minimum atomic E-state index is -3.02. The normalized spacial score (nSPS) is 17.9. The Balaban J connectivity index is 0.00000200. The van der Waals surface area contributed by atoms with Crippen molar-refractivity contribution >= 4 is 49.8 Å². The van der Waals surface area contributed by atoms with Crippen molar-refractivity contribution in [2.75, 3.05) is 30.3 Å². The molecule has 1 aromatic rings. The van der Waals surface area contributed by atoms with Crippen molar-refractivity contribution in [2.24, 2.45) is 0 Å². The van der Waals surface area contributed by atoms with Gasteiger partial charge in [-0.15, -0.1) is 12.4 Å². The Bertz CT molecular complexity index is 607. The molecule has 0 spiro atoms. The molecule has 1 amide bonds. The summed E-state index contributed by atoms with van der Waals surface area (Å²) < 4.78 is 23.8. The molecule has 1 aromatic carbocycles. The Labute approximate surface area is 133 Å². The van der Waals surface area contributed by atoms with Gasteiger partial charge in [-0.25, -0.2) is 8.42 Å².